The molecule has 1 unspecified atom stereocenters. The van der Waals surface area contributed by atoms with Crippen molar-refractivity contribution in [2.45, 2.75) is 32.2 Å². The van der Waals surface area contributed by atoms with Crippen molar-refractivity contribution >= 4 is 11.4 Å². The number of benzene rings is 2. The van der Waals surface area contributed by atoms with Crippen LogP contribution in [-0.4, -0.2) is 18.5 Å². The van der Waals surface area contributed by atoms with E-state index in [0.717, 1.165) is 5.56 Å². The summed E-state index contributed by atoms with van der Waals surface area (Å²) in [5, 5.41) is 11.0. The zero-order chi connectivity index (χ0) is 19.2. The van der Waals surface area contributed by atoms with Crippen LogP contribution in [0.5, 0.6) is 0 Å². The minimum atomic E-state index is -4.36. The first-order valence-electron chi connectivity index (χ1n) is 8.02. The van der Waals surface area contributed by atoms with Gasteiger partial charge in [-0.2, -0.15) is 13.2 Å². The van der Waals surface area contributed by atoms with Gasteiger partial charge in [-0.1, -0.05) is 24.3 Å². The van der Waals surface area contributed by atoms with Gasteiger partial charge in [0.25, 0.3) is 0 Å². The summed E-state index contributed by atoms with van der Waals surface area (Å²) >= 11 is 0. The number of hydrogen-bond acceptors (Lipinski definition) is 3. The maximum Gasteiger partial charge on any atom is 0.411 e. The number of ether oxygens (including phenoxy) is 1. The lowest BCUT2D eigenvalue weighted by atomic mass is 9.99. The van der Waals surface area contributed by atoms with Crippen molar-refractivity contribution in [1.82, 2.24) is 0 Å². The van der Waals surface area contributed by atoms with E-state index in [1.807, 2.05) is 6.07 Å². The maximum atomic E-state index is 13.1. The van der Waals surface area contributed by atoms with Gasteiger partial charge in [-0.3, -0.25) is 0 Å². The first-order valence-corrected chi connectivity index (χ1v) is 8.02. The van der Waals surface area contributed by atoms with E-state index in [0.29, 0.717) is 23.4 Å². The van der Waals surface area contributed by atoms with E-state index in [-0.39, 0.29) is 18.5 Å². The highest BCUT2D eigenvalue weighted by Gasteiger charge is 2.27. The van der Waals surface area contributed by atoms with Crippen LogP contribution in [0.3, 0.4) is 0 Å². The number of hydrogen-bond donors (Lipinski definition) is 2. The van der Waals surface area contributed by atoms with Gasteiger partial charge in [0, 0.05) is 17.8 Å². The molecule has 0 aromatic heterocycles. The van der Waals surface area contributed by atoms with E-state index < -0.39 is 12.8 Å². The molecule has 2 N–H and O–H groups in total. The quantitative estimate of drug-likeness (QED) is 0.478. The van der Waals surface area contributed by atoms with Gasteiger partial charge < -0.3 is 15.5 Å². The van der Waals surface area contributed by atoms with Crippen molar-refractivity contribution in [3.8, 4) is 0 Å². The summed E-state index contributed by atoms with van der Waals surface area (Å²) in [5.74, 6) is -0.348. The molecule has 0 fully saturated rings. The van der Waals surface area contributed by atoms with Crippen molar-refractivity contribution in [1.29, 1.82) is 5.41 Å². The zero-order valence-corrected chi connectivity index (χ0v) is 14.2. The number of anilines is 1. The van der Waals surface area contributed by atoms with Crippen LogP contribution >= 0.6 is 0 Å². The molecule has 0 amide bonds. The summed E-state index contributed by atoms with van der Waals surface area (Å²) in [6.45, 7) is 0.226. The second kappa shape index (κ2) is 8.80. The van der Waals surface area contributed by atoms with E-state index in [1.54, 1.807) is 37.3 Å². The second-order valence-corrected chi connectivity index (χ2v) is 6.04. The fourth-order valence-corrected chi connectivity index (χ4v) is 2.49. The molecule has 140 valence electrons. The number of alkyl halides is 3. The Morgan fingerprint density at radius 1 is 1.15 bits per heavy atom. The third kappa shape index (κ3) is 6.84. The Morgan fingerprint density at radius 2 is 1.85 bits per heavy atom. The molecule has 7 heteroatoms. The Bertz CT molecular complexity index is 729. The normalized spacial score (nSPS) is 12.7. The van der Waals surface area contributed by atoms with Crippen molar-refractivity contribution in [2.75, 3.05) is 11.9 Å². The average molecular weight is 368 g/mol. The summed E-state index contributed by atoms with van der Waals surface area (Å²) < 4.78 is 54.3. The van der Waals surface area contributed by atoms with Gasteiger partial charge in [-0.15, -0.1) is 0 Å². The van der Waals surface area contributed by atoms with Crippen LogP contribution in [0.4, 0.5) is 23.2 Å². The van der Waals surface area contributed by atoms with Gasteiger partial charge in [0.2, 0.25) is 0 Å². The van der Waals surface area contributed by atoms with Crippen LogP contribution in [0.2, 0.25) is 0 Å². The monoisotopic (exact) mass is 368 g/mol. The van der Waals surface area contributed by atoms with Crippen LogP contribution in [0.25, 0.3) is 0 Å². The SMILES string of the molecule is CC(=N)CC(Nc1ccc(F)cc1)c1cccc(COCC(F)(F)F)c1. The highest BCUT2D eigenvalue weighted by molar-refractivity contribution is 5.79. The minimum absolute atomic E-state index is 0.153. The molecule has 0 heterocycles. The van der Waals surface area contributed by atoms with Gasteiger partial charge in [0.15, 0.2) is 0 Å². The van der Waals surface area contributed by atoms with Gasteiger partial charge in [-0.25, -0.2) is 4.39 Å². The van der Waals surface area contributed by atoms with Crippen molar-refractivity contribution in [2.24, 2.45) is 0 Å². The smallest absolute Gasteiger partial charge is 0.378 e. The van der Waals surface area contributed by atoms with E-state index in [4.69, 9.17) is 10.1 Å². The van der Waals surface area contributed by atoms with Crippen LogP contribution in [-0.2, 0) is 11.3 Å². The summed E-state index contributed by atoms with van der Waals surface area (Å²) in [7, 11) is 0. The molecule has 0 aliphatic heterocycles. The summed E-state index contributed by atoms with van der Waals surface area (Å²) in [6.07, 6.45) is -3.95. The van der Waals surface area contributed by atoms with Crippen LogP contribution in [0.15, 0.2) is 48.5 Å². The molecule has 0 saturated carbocycles. The second-order valence-electron chi connectivity index (χ2n) is 6.04. The zero-order valence-electron chi connectivity index (χ0n) is 14.2. The van der Waals surface area contributed by atoms with Crippen LogP contribution in [0.1, 0.15) is 30.5 Å². The molecular weight excluding hydrogens is 348 g/mol. The fraction of sp³-hybridized carbons (Fsp3) is 0.316. The largest absolute Gasteiger partial charge is 0.411 e. The molecule has 0 spiro atoms. The Morgan fingerprint density at radius 3 is 2.46 bits per heavy atom. The summed E-state index contributed by atoms with van der Waals surface area (Å²) in [5.41, 5.74) is 2.56. The minimum Gasteiger partial charge on any atom is -0.378 e. The predicted octanol–water partition coefficient (Wildman–Crippen LogP) is 5.49. The average Bonchev–Trinajstić information content (AvgIpc) is 2.55. The van der Waals surface area contributed by atoms with E-state index >= 15 is 0 Å². The molecule has 0 aliphatic carbocycles. The molecule has 2 rings (SSSR count). The molecular formula is C19H20F4N2O. The van der Waals surface area contributed by atoms with Gasteiger partial charge in [0.05, 0.1) is 12.6 Å². The number of rotatable bonds is 8. The first kappa shape index (κ1) is 19.9. The Balaban J connectivity index is 2.12. The standard InChI is InChI=1S/C19H20F4N2O/c1-13(24)9-18(25-17-7-5-16(20)6-8-17)15-4-2-3-14(10-15)11-26-12-19(21,22)23/h2-8,10,18,24-25H,9,11-12H2,1H3. The van der Waals surface area contributed by atoms with Crippen LogP contribution < -0.4 is 5.32 Å². The van der Waals surface area contributed by atoms with E-state index in [9.17, 15) is 17.6 Å². The lowest BCUT2D eigenvalue weighted by Gasteiger charge is -2.21. The van der Waals surface area contributed by atoms with Crippen molar-refractivity contribution in [3.05, 3.63) is 65.5 Å². The van der Waals surface area contributed by atoms with Gasteiger partial charge in [-0.05, 0) is 42.3 Å². The molecule has 0 radical (unpaired) electrons. The van der Waals surface area contributed by atoms with Crippen molar-refractivity contribution < 1.29 is 22.3 Å². The first-order chi connectivity index (χ1) is 12.2. The Labute approximate surface area is 149 Å². The highest BCUT2D eigenvalue weighted by Crippen LogP contribution is 2.25. The topological polar surface area (TPSA) is 45.1 Å². The molecule has 0 aliphatic rings. The highest BCUT2D eigenvalue weighted by atomic mass is 19.4. The van der Waals surface area contributed by atoms with E-state index in [1.165, 1.54) is 12.1 Å². The Hall–Kier alpha value is -2.41. The lowest BCUT2D eigenvalue weighted by molar-refractivity contribution is -0.176. The van der Waals surface area contributed by atoms with Crippen molar-refractivity contribution in [3.63, 3.8) is 0 Å². The van der Waals surface area contributed by atoms with Crippen LogP contribution in [0, 0.1) is 11.2 Å². The molecule has 0 saturated heterocycles. The molecule has 2 aromatic carbocycles. The third-order valence-corrected chi connectivity index (χ3v) is 3.58. The Kier molecular flexibility index (Phi) is 6.74. The lowest BCUT2D eigenvalue weighted by Crippen LogP contribution is -2.17. The molecule has 0 bridgehead atoms. The summed E-state index contributed by atoms with van der Waals surface area (Å²) in [4.78, 5) is 0. The molecule has 3 nitrogen and oxygen atoms in total. The summed E-state index contributed by atoms with van der Waals surface area (Å²) in [6, 6.07) is 12.6. The van der Waals surface area contributed by atoms with Gasteiger partial charge >= 0.3 is 6.18 Å². The molecule has 1 atom stereocenters. The third-order valence-electron chi connectivity index (χ3n) is 3.58. The maximum absolute atomic E-state index is 13.1. The number of nitrogens with one attached hydrogen (secondary N) is 2. The van der Waals surface area contributed by atoms with Gasteiger partial charge in [0.1, 0.15) is 12.4 Å². The fourth-order valence-electron chi connectivity index (χ4n) is 2.49. The number of halogens is 4. The predicted molar refractivity (Wildman–Crippen MR) is 92.9 cm³/mol. The molecule has 2 aromatic rings. The molecule has 26 heavy (non-hydrogen) atoms. The van der Waals surface area contributed by atoms with E-state index in [2.05, 4.69) is 5.32 Å².